The first kappa shape index (κ1) is 21.4. The van der Waals surface area contributed by atoms with Crippen LogP contribution in [0.1, 0.15) is 85.5 Å². The highest BCUT2D eigenvalue weighted by atomic mass is 16.5. The van der Waals surface area contributed by atoms with Crippen molar-refractivity contribution in [2.75, 3.05) is 6.54 Å². The summed E-state index contributed by atoms with van der Waals surface area (Å²) in [6, 6.07) is 0. The van der Waals surface area contributed by atoms with Gasteiger partial charge in [0.2, 0.25) is 0 Å². The van der Waals surface area contributed by atoms with E-state index in [0.29, 0.717) is 40.9 Å². The molecule has 0 aromatic heterocycles. The zero-order valence-electron chi connectivity index (χ0n) is 20.1. The van der Waals surface area contributed by atoms with Gasteiger partial charge in [-0.1, -0.05) is 27.7 Å². The van der Waals surface area contributed by atoms with Crippen LogP contribution in [0.25, 0.3) is 0 Å². The summed E-state index contributed by atoms with van der Waals surface area (Å²) < 4.78 is 6.88. The molecule has 0 radical (unpaired) electrons. The van der Waals surface area contributed by atoms with E-state index in [2.05, 4.69) is 33.0 Å². The van der Waals surface area contributed by atoms with Crippen molar-refractivity contribution in [3.63, 3.8) is 0 Å². The molecular formula is C27H45NO3. The Kier molecular flexibility index (Phi) is 4.78. The van der Waals surface area contributed by atoms with Crippen molar-refractivity contribution in [2.45, 2.75) is 110 Å². The van der Waals surface area contributed by atoms with Gasteiger partial charge >= 0.3 is 0 Å². The lowest BCUT2D eigenvalue weighted by atomic mass is 9.44. The Morgan fingerprint density at radius 3 is 2.39 bits per heavy atom. The molecule has 0 amide bonds. The molecular weight excluding hydrogens is 386 g/mol. The minimum atomic E-state index is -0.319. The third-order valence-corrected chi connectivity index (χ3v) is 12.1. The second kappa shape index (κ2) is 6.93. The quantitative estimate of drug-likeness (QED) is 0.534. The molecule has 4 heteroatoms. The first-order chi connectivity index (χ1) is 14.7. The smallest absolute Gasteiger partial charge is 0.122 e. The van der Waals surface area contributed by atoms with E-state index in [0.717, 1.165) is 31.7 Å². The largest absolute Gasteiger partial charge is 0.393 e. The van der Waals surface area contributed by atoms with Crippen molar-refractivity contribution in [3.8, 4) is 0 Å². The van der Waals surface area contributed by atoms with Crippen LogP contribution in [0.5, 0.6) is 0 Å². The van der Waals surface area contributed by atoms with E-state index in [-0.39, 0.29) is 29.5 Å². The SMILES string of the molecule is C[C@H]1CC[C@@]2(NC1)O[C@H]1[C@H](O)[C@H]3[C@@H]4CC[C@H]5C[C@@H](O)CC[C@]5(C)[C@H]4CC[C@]3(C)[C@H]1[C@@H]2C. The fourth-order valence-electron chi connectivity index (χ4n) is 10.5. The van der Waals surface area contributed by atoms with Gasteiger partial charge in [-0.2, -0.15) is 0 Å². The molecule has 0 aromatic rings. The minimum Gasteiger partial charge on any atom is -0.393 e. The summed E-state index contributed by atoms with van der Waals surface area (Å²) in [6.45, 7) is 10.8. The second-order valence-electron chi connectivity index (χ2n) is 13.4. The second-order valence-corrected chi connectivity index (χ2v) is 13.4. The van der Waals surface area contributed by atoms with Gasteiger partial charge in [0.05, 0.1) is 18.3 Å². The molecule has 2 aliphatic heterocycles. The molecule has 2 heterocycles. The van der Waals surface area contributed by atoms with Crippen molar-refractivity contribution < 1.29 is 14.9 Å². The Hall–Kier alpha value is -0.160. The van der Waals surface area contributed by atoms with Gasteiger partial charge < -0.3 is 14.9 Å². The number of aliphatic hydroxyl groups is 2. The standard InChI is InChI=1S/C27H45NO3/c1-15-7-12-27(28-14-15)16(2)21-24(31-27)23(30)22-19-6-5-17-13-18(29)8-10-25(17,3)20(19)9-11-26(21,22)4/h15-24,28-30H,5-14H2,1-4H3/t15-,16-,17-,18-,19+,20-,21-,22+,23+,24+,25-,26+,27+/m0/s1. The summed E-state index contributed by atoms with van der Waals surface area (Å²) in [7, 11) is 0. The van der Waals surface area contributed by atoms with E-state index in [1.807, 2.05) is 0 Å². The van der Waals surface area contributed by atoms with E-state index in [1.54, 1.807) is 0 Å². The number of rotatable bonds is 0. The highest BCUT2D eigenvalue weighted by Crippen LogP contribution is 2.71. The van der Waals surface area contributed by atoms with E-state index in [9.17, 15) is 10.2 Å². The Balaban J connectivity index is 1.30. The number of hydrogen-bond donors (Lipinski definition) is 3. The lowest BCUT2D eigenvalue weighted by molar-refractivity contribution is -0.170. The molecule has 3 N–H and O–H groups in total. The van der Waals surface area contributed by atoms with Gasteiger partial charge in [0.25, 0.3) is 0 Å². The van der Waals surface area contributed by atoms with E-state index in [1.165, 1.54) is 38.5 Å². The van der Waals surface area contributed by atoms with Crippen molar-refractivity contribution in [3.05, 3.63) is 0 Å². The van der Waals surface area contributed by atoms with Crippen LogP contribution in [0, 0.1) is 52.3 Å². The fraction of sp³-hybridized carbons (Fsp3) is 1.00. The molecule has 13 atom stereocenters. The normalized spacial score (nSPS) is 63.3. The van der Waals surface area contributed by atoms with Crippen LogP contribution < -0.4 is 5.32 Å². The zero-order chi connectivity index (χ0) is 21.8. The van der Waals surface area contributed by atoms with Crippen LogP contribution >= 0.6 is 0 Å². The third kappa shape index (κ3) is 2.74. The third-order valence-electron chi connectivity index (χ3n) is 12.1. The van der Waals surface area contributed by atoms with Crippen molar-refractivity contribution >= 4 is 0 Å². The molecule has 6 aliphatic rings. The molecule has 6 rings (SSSR count). The molecule has 0 unspecified atom stereocenters. The molecule has 31 heavy (non-hydrogen) atoms. The van der Waals surface area contributed by atoms with Crippen molar-refractivity contribution in [1.82, 2.24) is 5.32 Å². The molecule has 2 saturated heterocycles. The van der Waals surface area contributed by atoms with Crippen LogP contribution in [0.15, 0.2) is 0 Å². The summed E-state index contributed by atoms with van der Waals surface area (Å²) >= 11 is 0. The summed E-state index contributed by atoms with van der Waals surface area (Å²) in [4.78, 5) is 0. The molecule has 1 spiro atoms. The summed E-state index contributed by atoms with van der Waals surface area (Å²) in [5.41, 5.74) is 0.336. The predicted octanol–water partition coefficient (Wildman–Crippen LogP) is 4.34. The Morgan fingerprint density at radius 1 is 0.871 bits per heavy atom. The number of nitrogens with one attached hydrogen (secondary N) is 1. The molecule has 176 valence electrons. The molecule has 0 bridgehead atoms. The first-order valence-corrected chi connectivity index (χ1v) is 13.5. The van der Waals surface area contributed by atoms with Gasteiger partial charge in [-0.05, 0) is 98.2 Å². The van der Waals surface area contributed by atoms with Crippen LogP contribution in [-0.4, -0.2) is 40.8 Å². The zero-order valence-corrected chi connectivity index (χ0v) is 20.1. The van der Waals surface area contributed by atoms with Gasteiger partial charge in [0.1, 0.15) is 5.72 Å². The number of piperidine rings is 1. The summed E-state index contributed by atoms with van der Waals surface area (Å²) in [5.74, 6) is 4.04. The maximum Gasteiger partial charge on any atom is 0.122 e. The molecule has 4 saturated carbocycles. The number of ether oxygens (including phenoxy) is 1. The Morgan fingerprint density at radius 2 is 1.65 bits per heavy atom. The van der Waals surface area contributed by atoms with Gasteiger partial charge in [-0.25, -0.2) is 0 Å². The van der Waals surface area contributed by atoms with Crippen LogP contribution in [0.2, 0.25) is 0 Å². The number of fused-ring (bicyclic) bond motifs is 7. The van der Waals surface area contributed by atoms with Gasteiger partial charge in [-0.15, -0.1) is 0 Å². The van der Waals surface area contributed by atoms with Crippen LogP contribution in [0.3, 0.4) is 0 Å². The predicted molar refractivity (Wildman–Crippen MR) is 121 cm³/mol. The Bertz CT molecular complexity index is 719. The van der Waals surface area contributed by atoms with E-state index >= 15 is 0 Å². The van der Waals surface area contributed by atoms with Gasteiger partial charge in [0.15, 0.2) is 0 Å². The first-order valence-electron chi connectivity index (χ1n) is 13.5. The average Bonchev–Trinajstić information content (AvgIpc) is 3.14. The maximum absolute atomic E-state index is 11.8. The summed E-state index contributed by atoms with van der Waals surface area (Å²) in [5, 5.41) is 25.9. The van der Waals surface area contributed by atoms with Gasteiger partial charge in [-0.3, -0.25) is 5.32 Å². The molecule has 4 nitrogen and oxygen atoms in total. The lowest BCUT2D eigenvalue weighted by Crippen LogP contribution is -2.59. The topological polar surface area (TPSA) is 61.7 Å². The van der Waals surface area contributed by atoms with Crippen LogP contribution in [0.4, 0.5) is 0 Å². The maximum atomic E-state index is 11.8. The number of hydrogen-bond acceptors (Lipinski definition) is 4. The van der Waals surface area contributed by atoms with E-state index < -0.39 is 0 Å². The molecule has 4 aliphatic carbocycles. The van der Waals surface area contributed by atoms with Crippen molar-refractivity contribution in [1.29, 1.82) is 0 Å². The van der Waals surface area contributed by atoms with Gasteiger partial charge in [0, 0.05) is 18.4 Å². The highest BCUT2D eigenvalue weighted by molar-refractivity contribution is 5.19. The highest BCUT2D eigenvalue weighted by Gasteiger charge is 2.71. The average molecular weight is 432 g/mol. The monoisotopic (exact) mass is 431 g/mol. The van der Waals surface area contributed by atoms with Crippen LogP contribution in [-0.2, 0) is 4.74 Å². The van der Waals surface area contributed by atoms with E-state index in [4.69, 9.17) is 4.74 Å². The number of aliphatic hydroxyl groups excluding tert-OH is 2. The Labute approximate surface area is 188 Å². The fourth-order valence-corrected chi connectivity index (χ4v) is 10.5. The van der Waals surface area contributed by atoms with Crippen molar-refractivity contribution in [2.24, 2.45) is 52.3 Å². The molecule has 6 fully saturated rings. The molecule has 0 aromatic carbocycles. The summed E-state index contributed by atoms with van der Waals surface area (Å²) in [6.07, 6.45) is 10.1. The lowest BCUT2D eigenvalue weighted by Gasteiger charge is -2.61. The minimum absolute atomic E-state index is 0.00311.